The molecule has 0 radical (unpaired) electrons. The van der Waals surface area contributed by atoms with Gasteiger partial charge in [-0.25, -0.2) is 0 Å². The number of hydrogen-bond donors (Lipinski definition) is 2. The highest BCUT2D eigenvalue weighted by atomic mass is 31.1. The standard InChI is InChI=1S/C4H5O4P/c5-1-2(6)4(8)9-3(1)7/h1-2,5-6,9H. The van der Waals surface area contributed by atoms with Gasteiger partial charge in [0.05, 0.1) is 0 Å². The Bertz CT molecular complexity index is 148. The predicted octanol–water partition coefficient (Wildman–Crippen LogP) is -1.55. The molecule has 1 fully saturated rings. The maximum absolute atomic E-state index is 10.4. The van der Waals surface area contributed by atoms with Crippen molar-refractivity contribution >= 4 is 19.6 Å². The lowest BCUT2D eigenvalue weighted by Gasteiger charge is -2.00. The van der Waals surface area contributed by atoms with Crippen LogP contribution in [0.5, 0.6) is 0 Å². The molecule has 2 atom stereocenters. The minimum Gasteiger partial charge on any atom is -0.382 e. The van der Waals surface area contributed by atoms with Gasteiger partial charge in [0, 0.05) is 8.58 Å². The quantitative estimate of drug-likeness (QED) is 0.408. The maximum Gasteiger partial charge on any atom is 0.190 e. The van der Waals surface area contributed by atoms with Gasteiger partial charge in [-0.15, -0.1) is 0 Å². The van der Waals surface area contributed by atoms with Crippen LogP contribution in [0, 0.1) is 0 Å². The third kappa shape index (κ3) is 1.01. The molecule has 0 spiro atoms. The molecule has 0 saturated carbocycles. The summed E-state index contributed by atoms with van der Waals surface area (Å²) in [5.74, 6) is 0. The molecule has 50 valence electrons. The monoisotopic (exact) mass is 148 g/mol. The Morgan fingerprint density at radius 3 is 1.56 bits per heavy atom. The van der Waals surface area contributed by atoms with Crippen molar-refractivity contribution in [3.8, 4) is 0 Å². The molecular formula is C4H5O4P. The van der Waals surface area contributed by atoms with E-state index < -0.39 is 31.8 Å². The van der Waals surface area contributed by atoms with Crippen molar-refractivity contribution in [2.45, 2.75) is 12.2 Å². The van der Waals surface area contributed by atoms with Crippen LogP contribution in [0.3, 0.4) is 0 Å². The highest BCUT2D eigenvalue weighted by Crippen LogP contribution is 2.27. The van der Waals surface area contributed by atoms with Crippen LogP contribution in [-0.2, 0) is 9.59 Å². The van der Waals surface area contributed by atoms with Crippen molar-refractivity contribution in [3.63, 3.8) is 0 Å². The minimum absolute atomic E-state index is 0.561. The Labute approximate surface area is 52.7 Å². The van der Waals surface area contributed by atoms with E-state index in [-0.39, 0.29) is 0 Å². The fraction of sp³-hybridized carbons (Fsp3) is 0.500. The van der Waals surface area contributed by atoms with Crippen molar-refractivity contribution in [3.05, 3.63) is 0 Å². The van der Waals surface area contributed by atoms with E-state index in [2.05, 4.69) is 0 Å². The van der Waals surface area contributed by atoms with Crippen LogP contribution in [0.4, 0.5) is 0 Å². The fourth-order valence-corrected chi connectivity index (χ4v) is 1.41. The van der Waals surface area contributed by atoms with Crippen LogP contribution < -0.4 is 0 Å². The smallest absolute Gasteiger partial charge is 0.190 e. The summed E-state index contributed by atoms with van der Waals surface area (Å²) in [6.07, 6.45) is -2.92. The molecule has 2 unspecified atom stereocenters. The van der Waals surface area contributed by atoms with Crippen molar-refractivity contribution in [2.24, 2.45) is 0 Å². The normalized spacial score (nSPS) is 38.4. The molecule has 1 aliphatic rings. The van der Waals surface area contributed by atoms with E-state index in [1.54, 1.807) is 0 Å². The van der Waals surface area contributed by atoms with Crippen molar-refractivity contribution in [1.82, 2.24) is 0 Å². The Hall–Kier alpha value is -0.310. The summed E-state index contributed by atoms with van der Waals surface area (Å²) in [4.78, 5) is 20.8. The summed E-state index contributed by atoms with van der Waals surface area (Å²) in [6, 6.07) is 0. The van der Waals surface area contributed by atoms with Gasteiger partial charge in [-0.1, -0.05) is 0 Å². The molecule has 2 N–H and O–H groups in total. The van der Waals surface area contributed by atoms with Crippen LogP contribution in [0.25, 0.3) is 0 Å². The van der Waals surface area contributed by atoms with Crippen LogP contribution >= 0.6 is 8.58 Å². The fourth-order valence-electron chi connectivity index (χ4n) is 0.556. The summed E-state index contributed by atoms with van der Waals surface area (Å²) in [6.45, 7) is 0. The second kappa shape index (κ2) is 2.14. The van der Waals surface area contributed by atoms with Gasteiger partial charge in [0.25, 0.3) is 0 Å². The topological polar surface area (TPSA) is 74.6 Å². The first-order valence-corrected chi connectivity index (χ1v) is 3.34. The molecule has 1 rings (SSSR count). The Balaban J connectivity index is 2.77. The third-order valence-electron chi connectivity index (χ3n) is 1.08. The molecule has 1 aliphatic heterocycles. The molecule has 0 bridgehead atoms. The van der Waals surface area contributed by atoms with E-state index >= 15 is 0 Å². The zero-order chi connectivity index (χ0) is 7.02. The lowest BCUT2D eigenvalue weighted by atomic mass is 10.2. The zero-order valence-electron chi connectivity index (χ0n) is 4.37. The van der Waals surface area contributed by atoms with E-state index in [0.29, 0.717) is 0 Å². The third-order valence-corrected chi connectivity index (χ3v) is 2.17. The molecule has 0 aromatic rings. The number of aliphatic hydroxyl groups is 2. The molecule has 1 heterocycles. The van der Waals surface area contributed by atoms with Gasteiger partial charge in [-0.05, 0) is 0 Å². The summed E-state index contributed by atoms with van der Waals surface area (Å²) in [5, 5.41) is 17.2. The second-order valence-electron chi connectivity index (χ2n) is 1.74. The van der Waals surface area contributed by atoms with E-state index in [1.807, 2.05) is 0 Å². The highest BCUT2D eigenvalue weighted by molar-refractivity contribution is 7.75. The van der Waals surface area contributed by atoms with Crippen LogP contribution in [0.15, 0.2) is 0 Å². The van der Waals surface area contributed by atoms with Crippen molar-refractivity contribution in [2.75, 3.05) is 0 Å². The average molecular weight is 148 g/mol. The average Bonchev–Trinajstić information content (AvgIpc) is 1.98. The zero-order valence-corrected chi connectivity index (χ0v) is 5.37. The highest BCUT2D eigenvalue weighted by Gasteiger charge is 2.38. The molecule has 0 aliphatic carbocycles. The predicted molar refractivity (Wildman–Crippen MR) is 30.3 cm³/mol. The number of rotatable bonds is 0. The Morgan fingerprint density at radius 1 is 1.11 bits per heavy atom. The van der Waals surface area contributed by atoms with E-state index in [0.717, 1.165) is 0 Å². The molecule has 0 aromatic heterocycles. The summed E-state index contributed by atoms with van der Waals surface area (Å²) >= 11 is 0. The summed E-state index contributed by atoms with van der Waals surface area (Å²) in [5.41, 5.74) is -1.12. The first kappa shape index (κ1) is 6.81. The molecular weight excluding hydrogens is 143 g/mol. The van der Waals surface area contributed by atoms with Crippen molar-refractivity contribution in [1.29, 1.82) is 0 Å². The Kier molecular flexibility index (Phi) is 1.62. The first-order valence-electron chi connectivity index (χ1n) is 2.34. The van der Waals surface area contributed by atoms with Gasteiger partial charge in [-0.2, -0.15) is 0 Å². The first-order chi connectivity index (χ1) is 4.13. The Morgan fingerprint density at radius 2 is 1.44 bits per heavy atom. The number of carbonyl (C=O) groups excluding carboxylic acids is 2. The van der Waals surface area contributed by atoms with E-state index in [1.165, 1.54) is 0 Å². The van der Waals surface area contributed by atoms with Gasteiger partial charge in [-0.3, -0.25) is 9.59 Å². The molecule has 4 nitrogen and oxygen atoms in total. The molecule has 9 heavy (non-hydrogen) atoms. The SMILES string of the molecule is O=C1PC(=O)C(O)C1O. The summed E-state index contributed by atoms with van der Waals surface area (Å²) in [7, 11) is -0.561. The number of carbonyl (C=O) groups is 2. The number of aliphatic hydroxyl groups excluding tert-OH is 2. The van der Waals surface area contributed by atoms with E-state index in [9.17, 15) is 9.59 Å². The van der Waals surface area contributed by atoms with Gasteiger partial charge in [0.15, 0.2) is 11.0 Å². The van der Waals surface area contributed by atoms with Crippen LogP contribution in [0.2, 0.25) is 0 Å². The largest absolute Gasteiger partial charge is 0.382 e. The van der Waals surface area contributed by atoms with Crippen LogP contribution in [0.1, 0.15) is 0 Å². The number of hydrogen-bond acceptors (Lipinski definition) is 4. The molecule has 0 aromatic carbocycles. The van der Waals surface area contributed by atoms with Crippen LogP contribution in [-0.4, -0.2) is 33.5 Å². The van der Waals surface area contributed by atoms with Gasteiger partial charge < -0.3 is 10.2 Å². The molecule has 1 saturated heterocycles. The van der Waals surface area contributed by atoms with Gasteiger partial charge in [0.1, 0.15) is 12.2 Å². The lowest BCUT2D eigenvalue weighted by Crippen LogP contribution is -2.27. The second-order valence-corrected chi connectivity index (χ2v) is 2.98. The lowest BCUT2D eigenvalue weighted by molar-refractivity contribution is -0.129. The summed E-state index contributed by atoms with van der Waals surface area (Å²) < 4.78 is 0. The van der Waals surface area contributed by atoms with Gasteiger partial charge >= 0.3 is 0 Å². The van der Waals surface area contributed by atoms with Crippen molar-refractivity contribution < 1.29 is 19.8 Å². The van der Waals surface area contributed by atoms with Gasteiger partial charge in [0.2, 0.25) is 0 Å². The molecule has 0 amide bonds. The minimum atomic E-state index is -1.46. The van der Waals surface area contributed by atoms with E-state index in [4.69, 9.17) is 10.2 Å². The maximum atomic E-state index is 10.4. The molecule has 5 heteroatoms.